The normalized spacial score (nSPS) is 18.9. The van der Waals surface area contributed by atoms with E-state index in [0.29, 0.717) is 15.8 Å². The highest BCUT2D eigenvalue weighted by Gasteiger charge is 2.30. The number of halogens is 1. The number of carbonyl (C=O) groups is 1. The lowest BCUT2D eigenvalue weighted by atomic mass is 10.4. The molecule has 0 aliphatic carbocycles. The molecule has 1 amide bonds. The molecule has 2 rings (SSSR count). The predicted octanol–water partition coefficient (Wildman–Crippen LogP) is 3.73. The summed E-state index contributed by atoms with van der Waals surface area (Å²) in [7, 11) is 0. The van der Waals surface area contributed by atoms with E-state index >= 15 is 0 Å². The Bertz CT molecular complexity index is 480. The first kappa shape index (κ1) is 12.3. The Kier molecular flexibility index (Phi) is 3.84. The molecule has 1 fully saturated rings. The number of thiocarbonyl (C=S) groups is 1. The molecule has 84 valence electrons. The molecule has 0 saturated carbocycles. The van der Waals surface area contributed by atoms with E-state index in [1.165, 1.54) is 11.8 Å². The number of thiophene rings is 1. The Hall–Kier alpha value is -0.170. The lowest BCUT2D eigenvalue weighted by molar-refractivity contribution is -0.121. The summed E-state index contributed by atoms with van der Waals surface area (Å²) < 4.78 is 1.71. The van der Waals surface area contributed by atoms with Gasteiger partial charge < -0.3 is 0 Å². The highest BCUT2D eigenvalue weighted by molar-refractivity contribution is 9.11. The number of hydrogen-bond donors (Lipinski definition) is 0. The molecule has 0 radical (unpaired) electrons. The molecule has 1 saturated heterocycles. The Morgan fingerprint density at radius 2 is 2.31 bits per heavy atom. The molecule has 0 unspecified atom stereocenters. The van der Waals surface area contributed by atoms with Gasteiger partial charge in [-0.2, -0.15) is 0 Å². The van der Waals surface area contributed by atoms with Crippen LogP contribution in [0.3, 0.4) is 0 Å². The Morgan fingerprint density at radius 3 is 2.81 bits per heavy atom. The van der Waals surface area contributed by atoms with Gasteiger partial charge in [-0.3, -0.25) is 9.69 Å². The van der Waals surface area contributed by atoms with Crippen molar-refractivity contribution in [2.45, 2.75) is 6.92 Å². The molecule has 0 N–H and O–H groups in total. The molecule has 1 aromatic rings. The van der Waals surface area contributed by atoms with Crippen molar-refractivity contribution in [2.75, 3.05) is 6.54 Å². The summed E-state index contributed by atoms with van der Waals surface area (Å²) in [6.07, 6.45) is 1.89. The average molecular weight is 334 g/mol. The quantitative estimate of drug-likeness (QED) is 0.607. The van der Waals surface area contributed by atoms with Crippen LogP contribution < -0.4 is 0 Å². The van der Waals surface area contributed by atoms with Gasteiger partial charge in [0.1, 0.15) is 4.32 Å². The van der Waals surface area contributed by atoms with Crippen molar-refractivity contribution >= 4 is 67.6 Å². The van der Waals surface area contributed by atoms with Gasteiger partial charge in [-0.25, -0.2) is 0 Å². The van der Waals surface area contributed by atoms with Gasteiger partial charge in [-0.1, -0.05) is 24.0 Å². The lowest BCUT2D eigenvalue weighted by Crippen LogP contribution is -2.27. The van der Waals surface area contributed by atoms with E-state index in [2.05, 4.69) is 15.9 Å². The third kappa shape index (κ3) is 2.40. The third-order valence-corrected chi connectivity index (χ3v) is 5.01. The zero-order valence-corrected chi connectivity index (χ0v) is 12.4. The van der Waals surface area contributed by atoms with Gasteiger partial charge in [0, 0.05) is 11.4 Å². The number of hydrogen-bond acceptors (Lipinski definition) is 4. The Balaban J connectivity index is 2.27. The van der Waals surface area contributed by atoms with Crippen LogP contribution >= 0.6 is 51.2 Å². The van der Waals surface area contributed by atoms with Gasteiger partial charge in [0.05, 0.1) is 8.69 Å². The summed E-state index contributed by atoms with van der Waals surface area (Å²) in [5, 5.41) is 0. The number of amides is 1. The third-order valence-electron chi connectivity index (χ3n) is 2.06. The SMILES string of the molecule is CCN1C(=O)/C(=C/c2ccc(Br)s2)SC1=S. The van der Waals surface area contributed by atoms with Crippen LogP contribution in [0.15, 0.2) is 20.8 Å². The van der Waals surface area contributed by atoms with Gasteiger partial charge in [0.25, 0.3) is 5.91 Å². The second kappa shape index (κ2) is 5.00. The summed E-state index contributed by atoms with van der Waals surface area (Å²) in [4.78, 5) is 15.3. The molecule has 0 bridgehead atoms. The fraction of sp³-hybridized carbons (Fsp3) is 0.200. The van der Waals surface area contributed by atoms with E-state index in [1.807, 2.05) is 25.1 Å². The highest BCUT2D eigenvalue weighted by atomic mass is 79.9. The topological polar surface area (TPSA) is 20.3 Å². The van der Waals surface area contributed by atoms with Gasteiger partial charge in [-0.05, 0) is 41.1 Å². The number of carbonyl (C=O) groups excluding carboxylic acids is 1. The molecular formula is C10H8BrNOS3. The van der Waals surface area contributed by atoms with Gasteiger partial charge in [0.2, 0.25) is 0 Å². The second-order valence-corrected chi connectivity index (χ2v) is 7.24. The molecule has 2 heterocycles. The standard InChI is InChI=1S/C10H8BrNOS3/c1-2-12-9(13)7(16-10(12)14)5-6-3-4-8(11)15-6/h3-5H,2H2,1H3/b7-5-. The van der Waals surface area contributed by atoms with E-state index in [-0.39, 0.29) is 5.91 Å². The second-order valence-electron chi connectivity index (χ2n) is 3.07. The van der Waals surface area contributed by atoms with Crippen molar-refractivity contribution in [3.63, 3.8) is 0 Å². The summed E-state index contributed by atoms with van der Waals surface area (Å²) in [6, 6.07) is 3.95. The van der Waals surface area contributed by atoms with Crippen LogP contribution in [0.25, 0.3) is 6.08 Å². The summed E-state index contributed by atoms with van der Waals surface area (Å²) in [5.74, 6) is 0.0158. The number of likely N-dealkylation sites (N-methyl/N-ethyl adjacent to an activating group) is 1. The van der Waals surface area contributed by atoms with Crippen LogP contribution in [-0.2, 0) is 4.79 Å². The first-order valence-electron chi connectivity index (χ1n) is 4.62. The van der Waals surface area contributed by atoms with E-state index < -0.39 is 0 Å². The minimum absolute atomic E-state index is 0.0158. The number of thioether (sulfide) groups is 1. The molecule has 1 aliphatic rings. The molecule has 1 aromatic heterocycles. The van der Waals surface area contributed by atoms with Crippen LogP contribution in [0.1, 0.15) is 11.8 Å². The van der Waals surface area contributed by atoms with E-state index in [1.54, 1.807) is 16.2 Å². The van der Waals surface area contributed by atoms with E-state index in [0.717, 1.165) is 8.66 Å². The van der Waals surface area contributed by atoms with Crippen LogP contribution in [0.4, 0.5) is 0 Å². The van der Waals surface area contributed by atoms with Crippen molar-refractivity contribution in [3.05, 3.63) is 25.7 Å². The lowest BCUT2D eigenvalue weighted by Gasteiger charge is -2.09. The molecule has 0 atom stereocenters. The fourth-order valence-corrected chi connectivity index (χ4v) is 4.12. The van der Waals surface area contributed by atoms with Crippen LogP contribution in [-0.4, -0.2) is 21.7 Å². The minimum atomic E-state index is 0.0158. The Morgan fingerprint density at radius 1 is 1.56 bits per heavy atom. The number of nitrogens with zero attached hydrogens (tertiary/aromatic N) is 1. The van der Waals surface area contributed by atoms with Crippen LogP contribution in [0.2, 0.25) is 0 Å². The van der Waals surface area contributed by atoms with Crippen molar-refractivity contribution < 1.29 is 4.79 Å². The van der Waals surface area contributed by atoms with Crippen molar-refractivity contribution in [1.82, 2.24) is 4.90 Å². The van der Waals surface area contributed by atoms with Crippen molar-refractivity contribution in [1.29, 1.82) is 0 Å². The molecule has 6 heteroatoms. The fourth-order valence-electron chi connectivity index (χ4n) is 1.31. The van der Waals surface area contributed by atoms with Gasteiger partial charge in [-0.15, -0.1) is 11.3 Å². The highest BCUT2D eigenvalue weighted by Crippen LogP contribution is 2.34. The van der Waals surface area contributed by atoms with Crippen LogP contribution in [0, 0.1) is 0 Å². The van der Waals surface area contributed by atoms with E-state index in [9.17, 15) is 4.79 Å². The van der Waals surface area contributed by atoms with Crippen molar-refractivity contribution in [3.8, 4) is 0 Å². The zero-order valence-electron chi connectivity index (χ0n) is 8.40. The smallest absolute Gasteiger partial charge is 0.266 e. The summed E-state index contributed by atoms with van der Waals surface area (Å²) in [5.41, 5.74) is 0. The predicted molar refractivity (Wildman–Crippen MR) is 77.6 cm³/mol. The first-order valence-corrected chi connectivity index (χ1v) is 7.46. The maximum absolute atomic E-state index is 11.9. The maximum Gasteiger partial charge on any atom is 0.266 e. The Labute approximate surface area is 116 Å². The molecule has 1 aliphatic heterocycles. The first-order chi connectivity index (χ1) is 7.61. The van der Waals surface area contributed by atoms with Gasteiger partial charge >= 0.3 is 0 Å². The monoisotopic (exact) mass is 333 g/mol. The molecule has 2 nitrogen and oxygen atoms in total. The molecule has 16 heavy (non-hydrogen) atoms. The van der Waals surface area contributed by atoms with Gasteiger partial charge in [0.15, 0.2) is 0 Å². The van der Waals surface area contributed by atoms with Crippen LogP contribution in [0.5, 0.6) is 0 Å². The number of rotatable bonds is 2. The zero-order chi connectivity index (χ0) is 11.7. The maximum atomic E-state index is 11.9. The average Bonchev–Trinajstić information content (AvgIpc) is 2.74. The van der Waals surface area contributed by atoms with Crippen molar-refractivity contribution in [2.24, 2.45) is 0 Å². The molecule has 0 aromatic carbocycles. The molecular weight excluding hydrogens is 326 g/mol. The molecule has 0 spiro atoms. The summed E-state index contributed by atoms with van der Waals surface area (Å²) >= 11 is 11.5. The largest absolute Gasteiger partial charge is 0.293 e. The summed E-state index contributed by atoms with van der Waals surface area (Å²) in [6.45, 7) is 2.56. The minimum Gasteiger partial charge on any atom is -0.293 e. The van der Waals surface area contributed by atoms with E-state index in [4.69, 9.17) is 12.2 Å².